The molecule has 5 N–H and O–H groups in total. The molecule has 0 bridgehead atoms. The van der Waals surface area contributed by atoms with E-state index in [4.69, 9.17) is 21.2 Å². The number of hydrogen-bond donors (Lipinski definition) is 3. The first-order valence-corrected chi connectivity index (χ1v) is 10.6. The van der Waals surface area contributed by atoms with E-state index in [0.717, 1.165) is 30.0 Å². The van der Waals surface area contributed by atoms with Crippen LogP contribution in [-0.2, 0) is 4.74 Å². The number of pyridine rings is 2. The van der Waals surface area contributed by atoms with Crippen LogP contribution in [0.25, 0.3) is 28.0 Å². The standard InChI is InChI=1S/C24H24N6O3/c1-14-2-4-16(31)12-19(14)30-18-6-5-17(28-22(18)21(23(30)25)24(26)32)15-3-7-20(27-13-15)29-8-10-33-11-9-29/h2-7,12-13,31H,8-11,25H2,1H3,(H2,26,32). The number of carbonyl (C=O) groups is 1. The summed E-state index contributed by atoms with van der Waals surface area (Å²) in [5.74, 6) is 0.486. The number of nitrogens with two attached hydrogens (primary N) is 2. The Morgan fingerprint density at radius 2 is 1.91 bits per heavy atom. The van der Waals surface area contributed by atoms with Gasteiger partial charge in [0.05, 0.1) is 30.1 Å². The molecule has 0 saturated carbocycles. The molecule has 9 heteroatoms. The summed E-state index contributed by atoms with van der Waals surface area (Å²) in [6.45, 7) is 4.89. The minimum absolute atomic E-state index is 0.0912. The van der Waals surface area contributed by atoms with Crippen molar-refractivity contribution in [3.63, 3.8) is 0 Å². The number of aromatic hydroxyl groups is 1. The van der Waals surface area contributed by atoms with Crippen LogP contribution in [-0.4, -0.2) is 51.9 Å². The van der Waals surface area contributed by atoms with E-state index in [0.29, 0.717) is 35.6 Å². The number of amides is 1. The molecule has 0 aliphatic carbocycles. The second kappa shape index (κ2) is 8.10. The van der Waals surface area contributed by atoms with E-state index in [1.807, 2.05) is 31.2 Å². The number of phenols is 1. The van der Waals surface area contributed by atoms with Gasteiger partial charge in [-0.3, -0.25) is 9.36 Å². The van der Waals surface area contributed by atoms with Gasteiger partial charge in [-0.1, -0.05) is 6.07 Å². The lowest BCUT2D eigenvalue weighted by atomic mass is 10.1. The van der Waals surface area contributed by atoms with E-state index in [1.165, 1.54) is 0 Å². The average molecular weight is 444 g/mol. The normalized spacial score (nSPS) is 14.0. The molecule has 1 saturated heterocycles. The second-order valence-corrected chi connectivity index (χ2v) is 8.00. The molecule has 1 fully saturated rings. The molecule has 5 rings (SSSR count). The van der Waals surface area contributed by atoms with Gasteiger partial charge >= 0.3 is 0 Å². The molecule has 4 heterocycles. The summed E-state index contributed by atoms with van der Waals surface area (Å²) in [5.41, 5.74) is 16.2. The van der Waals surface area contributed by atoms with E-state index in [2.05, 4.69) is 9.88 Å². The van der Waals surface area contributed by atoms with Crippen molar-refractivity contribution in [2.45, 2.75) is 6.92 Å². The third-order valence-electron chi connectivity index (χ3n) is 5.91. The van der Waals surface area contributed by atoms with E-state index in [1.54, 1.807) is 29.0 Å². The molecule has 4 aromatic rings. The highest BCUT2D eigenvalue weighted by Gasteiger charge is 2.23. The summed E-state index contributed by atoms with van der Waals surface area (Å²) in [4.78, 5) is 23.8. The number of fused-ring (bicyclic) bond motifs is 1. The summed E-state index contributed by atoms with van der Waals surface area (Å²) < 4.78 is 7.10. The van der Waals surface area contributed by atoms with Gasteiger partial charge in [-0.05, 0) is 42.8 Å². The van der Waals surface area contributed by atoms with Crippen molar-refractivity contribution in [1.82, 2.24) is 14.5 Å². The maximum Gasteiger partial charge on any atom is 0.254 e. The topological polar surface area (TPSA) is 133 Å². The molecule has 33 heavy (non-hydrogen) atoms. The Bertz CT molecular complexity index is 1360. The van der Waals surface area contributed by atoms with Crippen LogP contribution in [0.2, 0.25) is 0 Å². The summed E-state index contributed by atoms with van der Waals surface area (Å²) in [6, 6.07) is 12.6. The van der Waals surface area contributed by atoms with Crippen LogP contribution in [0.1, 0.15) is 15.9 Å². The Balaban J connectivity index is 1.61. The third-order valence-corrected chi connectivity index (χ3v) is 5.91. The molecule has 1 amide bonds. The number of anilines is 2. The fraction of sp³-hybridized carbons (Fsp3) is 0.208. The number of nitrogen functional groups attached to an aromatic ring is 1. The Kier molecular flexibility index (Phi) is 5.10. The molecule has 1 aliphatic heterocycles. The van der Waals surface area contributed by atoms with Gasteiger partial charge in [0.25, 0.3) is 5.91 Å². The summed E-state index contributed by atoms with van der Waals surface area (Å²) in [7, 11) is 0. The van der Waals surface area contributed by atoms with Crippen LogP contribution >= 0.6 is 0 Å². The number of carbonyl (C=O) groups excluding carboxylic acids is 1. The Labute approximate surface area is 190 Å². The van der Waals surface area contributed by atoms with Crippen LogP contribution in [0.5, 0.6) is 5.75 Å². The van der Waals surface area contributed by atoms with E-state index in [9.17, 15) is 9.90 Å². The molecule has 0 radical (unpaired) electrons. The van der Waals surface area contributed by atoms with Gasteiger partial charge in [0, 0.05) is 30.9 Å². The third kappa shape index (κ3) is 3.62. The lowest BCUT2D eigenvalue weighted by Crippen LogP contribution is -2.36. The van der Waals surface area contributed by atoms with Gasteiger partial charge in [-0.25, -0.2) is 9.97 Å². The van der Waals surface area contributed by atoms with Crippen LogP contribution < -0.4 is 16.4 Å². The Morgan fingerprint density at radius 3 is 2.61 bits per heavy atom. The highest BCUT2D eigenvalue weighted by Crippen LogP contribution is 2.34. The first-order chi connectivity index (χ1) is 15.9. The number of nitrogens with zero attached hydrogens (tertiary/aromatic N) is 4. The zero-order valence-electron chi connectivity index (χ0n) is 18.2. The molecule has 1 aliphatic rings. The number of primary amides is 1. The van der Waals surface area contributed by atoms with Crippen LogP contribution in [0, 0.1) is 6.92 Å². The zero-order chi connectivity index (χ0) is 23.1. The van der Waals surface area contributed by atoms with Gasteiger partial charge in [-0.2, -0.15) is 0 Å². The number of phenolic OH excluding ortho intramolecular Hbond substituents is 1. The molecular formula is C24H24N6O3. The summed E-state index contributed by atoms with van der Waals surface area (Å²) in [6.07, 6.45) is 1.77. The quantitative estimate of drug-likeness (QED) is 0.441. The molecule has 168 valence electrons. The molecule has 0 atom stereocenters. The summed E-state index contributed by atoms with van der Waals surface area (Å²) >= 11 is 0. The zero-order valence-corrected chi connectivity index (χ0v) is 18.2. The number of morpholine rings is 1. The maximum absolute atomic E-state index is 12.3. The first-order valence-electron chi connectivity index (χ1n) is 10.6. The highest BCUT2D eigenvalue weighted by molar-refractivity contribution is 6.10. The van der Waals surface area contributed by atoms with Gasteiger partial charge < -0.3 is 26.2 Å². The maximum atomic E-state index is 12.3. The number of rotatable bonds is 4. The first kappa shape index (κ1) is 20.8. The monoisotopic (exact) mass is 444 g/mol. The van der Waals surface area contributed by atoms with Gasteiger partial charge in [0.1, 0.15) is 28.5 Å². The fourth-order valence-corrected chi connectivity index (χ4v) is 4.20. The molecule has 0 spiro atoms. The fourth-order valence-electron chi connectivity index (χ4n) is 4.20. The Hall–Kier alpha value is -4.11. The largest absolute Gasteiger partial charge is 0.508 e. The van der Waals surface area contributed by atoms with Gasteiger partial charge in [0.15, 0.2) is 0 Å². The predicted octanol–water partition coefficient (Wildman–Crippen LogP) is 2.62. The number of aryl methyl sites for hydroxylation is 1. The van der Waals surface area contributed by atoms with Gasteiger partial charge in [-0.15, -0.1) is 0 Å². The van der Waals surface area contributed by atoms with Crippen molar-refractivity contribution >= 4 is 28.6 Å². The molecular weight excluding hydrogens is 420 g/mol. The van der Waals surface area contributed by atoms with Crippen LogP contribution in [0.15, 0.2) is 48.7 Å². The van der Waals surface area contributed by atoms with Crippen molar-refractivity contribution in [3.8, 4) is 22.7 Å². The second-order valence-electron chi connectivity index (χ2n) is 8.00. The number of benzene rings is 1. The van der Waals surface area contributed by atoms with Gasteiger partial charge in [0.2, 0.25) is 0 Å². The Morgan fingerprint density at radius 1 is 1.12 bits per heavy atom. The SMILES string of the molecule is Cc1ccc(O)cc1-n1c(N)c(C(N)=O)c2nc(-c3ccc(N4CCOCC4)nc3)ccc21. The summed E-state index contributed by atoms with van der Waals surface area (Å²) in [5, 5.41) is 10.0. The lowest BCUT2D eigenvalue weighted by Gasteiger charge is -2.27. The van der Waals surface area contributed by atoms with E-state index < -0.39 is 5.91 Å². The van der Waals surface area contributed by atoms with Crippen LogP contribution in [0.4, 0.5) is 11.6 Å². The minimum atomic E-state index is -0.667. The highest BCUT2D eigenvalue weighted by atomic mass is 16.5. The number of ether oxygens (including phenoxy) is 1. The smallest absolute Gasteiger partial charge is 0.254 e. The lowest BCUT2D eigenvalue weighted by molar-refractivity contribution is 0.100. The average Bonchev–Trinajstić information content (AvgIpc) is 3.12. The van der Waals surface area contributed by atoms with Crippen LogP contribution in [0.3, 0.4) is 0 Å². The molecule has 1 aromatic carbocycles. The van der Waals surface area contributed by atoms with E-state index in [-0.39, 0.29) is 17.1 Å². The number of hydrogen-bond acceptors (Lipinski definition) is 7. The molecule has 3 aromatic heterocycles. The van der Waals surface area contributed by atoms with E-state index >= 15 is 0 Å². The molecule has 9 nitrogen and oxygen atoms in total. The van der Waals surface area contributed by atoms with Crippen molar-refractivity contribution in [1.29, 1.82) is 0 Å². The van der Waals surface area contributed by atoms with Crippen molar-refractivity contribution in [3.05, 3.63) is 59.8 Å². The van der Waals surface area contributed by atoms with Crippen molar-refractivity contribution < 1.29 is 14.6 Å². The predicted molar refractivity (Wildman–Crippen MR) is 127 cm³/mol. The number of aromatic nitrogens is 3. The molecule has 0 unspecified atom stereocenters. The minimum Gasteiger partial charge on any atom is -0.508 e. The van der Waals surface area contributed by atoms with Crippen molar-refractivity contribution in [2.24, 2.45) is 5.73 Å². The van der Waals surface area contributed by atoms with Crippen molar-refractivity contribution in [2.75, 3.05) is 36.9 Å².